The second-order valence-corrected chi connectivity index (χ2v) is 9.21. The van der Waals surface area contributed by atoms with Gasteiger partial charge in [0.2, 0.25) is 0 Å². The number of rotatable bonds is 7. The van der Waals surface area contributed by atoms with E-state index in [-0.39, 0.29) is 30.1 Å². The summed E-state index contributed by atoms with van der Waals surface area (Å²) in [5, 5.41) is 11.4. The number of hydrogen-bond acceptors (Lipinski definition) is 7. The Morgan fingerprint density at radius 3 is 2.51 bits per heavy atom. The van der Waals surface area contributed by atoms with Gasteiger partial charge in [0.25, 0.3) is 11.7 Å². The molecule has 1 unspecified atom stereocenters. The number of aliphatic hydroxyl groups excluding tert-OH is 1. The van der Waals surface area contributed by atoms with E-state index in [1.54, 1.807) is 54.4 Å². The van der Waals surface area contributed by atoms with E-state index in [0.29, 0.717) is 49.5 Å². The topological polar surface area (TPSA) is 109 Å². The van der Waals surface area contributed by atoms with Crippen molar-refractivity contribution in [3.8, 4) is 5.75 Å². The van der Waals surface area contributed by atoms with E-state index in [2.05, 4.69) is 4.98 Å². The molecule has 2 aromatic rings. The van der Waals surface area contributed by atoms with Crippen LogP contribution in [0.1, 0.15) is 56.0 Å². The Kier molecular flexibility index (Phi) is 8.11. The predicted molar refractivity (Wildman–Crippen MR) is 137 cm³/mol. The fraction of sp³-hybridized carbons (Fsp3) is 0.429. The zero-order valence-electron chi connectivity index (χ0n) is 21.5. The van der Waals surface area contributed by atoms with E-state index in [9.17, 15) is 19.5 Å². The molecule has 2 aliphatic rings. The number of likely N-dealkylation sites (tertiary alicyclic amines) is 2. The highest BCUT2D eigenvalue weighted by Gasteiger charge is 2.50. The van der Waals surface area contributed by atoms with Crippen LogP contribution in [0, 0.1) is 6.92 Å². The molecule has 0 spiro atoms. The molecule has 0 aliphatic carbocycles. The highest BCUT2D eigenvalue weighted by atomic mass is 16.6. The molecular weight excluding hydrogens is 474 g/mol. The summed E-state index contributed by atoms with van der Waals surface area (Å²) < 4.78 is 10.8. The number of aromatic nitrogens is 1. The highest BCUT2D eigenvalue weighted by molar-refractivity contribution is 6.46. The Balaban J connectivity index is 1.70. The number of hydrogen-bond donors (Lipinski definition) is 1. The number of nitrogens with zero attached hydrogens (tertiary/aromatic N) is 3. The van der Waals surface area contributed by atoms with Gasteiger partial charge in [-0.3, -0.25) is 14.6 Å². The Morgan fingerprint density at radius 2 is 1.89 bits per heavy atom. The summed E-state index contributed by atoms with van der Waals surface area (Å²) in [6.07, 6.45) is 3.05. The van der Waals surface area contributed by atoms with Crippen molar-refractivity contribution in [3.05, 3.63) is 65.0 Å². The van der Waals surface area contributed by atoms with Gasteiger partial charge in [-0.2, -0.15) is 0 Å². The third-order valence-electron chi connectivity index (χ3n) is 6.74. The minimum Gasteiger partial charge on any atom is -0.507 e. The van der Waals surface area contributed by atoms with Crippen LogP contribution in [0.2, 0.25) is 0 Å². The lowest BCUT2D eigenvalue weighted by Crippen LogP contribution is -2.48. The Morgan fingerprint density at radius 1 is 1.14 bits per heavy atom. The van der Waals surface area contributed by atoms with Gasteiger partial charge in [0.1, 0.15) is 17.6 Å². The number of amides is 2. The Labute approximate surface area is 216 Å². The first-order valence-corrected chi connectivity index (χ1v) is 12.7. The van der Waals surface area contributed by atoms with Crippen molar-refractivity contribution in [1.29, 1.82) is 0 Å². The molecule has 37 heavy (non-hydrogen) atoms. The lowest BCUT2D eigenvalue weighted by Gasteiger charge is -2.38. The summed E-state index contributed by atoms with van der Waals surface area (Å²) in [5.74, 6) is -0.963. The van der Waals surface area contributed by atoms with Gasteiger partial charge >= 0.3 is 6.09 Å². The number of piperidine rings is 1. The van der Waals surface area contributed by atoms with Gasteiger partial charge in [-0.1, -0.05) is 13.0 Å². The molecule has 1 aromatic heterocycles. The van der Waals surface area contributed by atoms with Crippen LogP contribution < -0.4 is 4.74 Å². The minimum atomic E-state index is -0.836. The number of benzene rings is 1. The van der Waals surface area contributed by atoms with E-state index in [1.165, 1.54) is 4.90 Å². The summed E-state index contributed by atoms with van der Waals surface area (Å²) >= 11 is 0. The summed E-state index contributed by atoms with van der Waals surface area (Å²) in [7, 11) is 0. The minimum absolute atomic E-state index is 0.0122. The summed E-state index contributed by atoms with van der Waals surface area (Å²) in [6, 6.07) is 9.35. The normalized spacial score (nSPS) is 19.8. The first-order chi connectivity index (χ1) is 17.9. The van der Waals surface area contributed by atoms with Crippen LogP contribution in [0.4, 0.5) is 4.79 Å². The lowest BCUT2D eigenvalue weighted by molar-refractivity contribution is -0.142. The van der Waals surface area contributed by atoms with Crippen molar-refractivity contribution >= 4 is 23.5 Å². The molecule has 4 rings (SSSR count). The van der Waals surface area contributed by atoms with Crippen LogP contribution in [0.5, 0.6) is 5.75 Å². The van der Waals surface area contributed by atoms with E-state index in [0.717, 1.165) is 12.0 Å². The molecule has 2 amide bonds. The third-order valence-corrected chi connectivity index (χ3v) is 6.74. The van der Waals surface area contributed by atoms with Crippen molar-refractivity contribution in [2.24, 2.45) is 0 Å². The van der Waals surface area contributed by atoms with Crippen molar-refractivity contribution < 1.29 is 29.0 Å². The SMILES string of the molecule is CCCOc1ccc(/C(O)=C2\C(=O)C(=O)N(C3CCN(C(=O)OCC)CC3)C2c2ccccn2)cc1C. The van der Waals surface area contributed by atoms with E-state index in [1.807, 2.05) is 13.8 Å². The van der Waals surface area contributed by atoms with E-state index >= 15 is 0 Å². The number of Topliss-reactive ketones (excluding diaryl/α,β-unsaturated/α-hetero) is 1. The van der Waals surface area contributed by atoms with Crippen LogP contribution in [-0.2, 0) is 14.3 Å². The average molecular weight is 508 g/mol. The molecule has 1 N–H and O–H groups in total. The summed E-state index contributed by atoms with van der Waals surface area (Å²) in [6.45, 7) is 7.31. The highest BCUT2D eigenvalue weighted by Crippen LogP contribution is 2.42. The monoisotopic (exact) mass is 507 g/mol. The van der Waals surface area contributed by atoms with Gasteiger partial charge in [0.15, 0.2) is 0 Å². The lowest BCUT2D eigenvalue weighted by atomic mass is 9.96. The zero-order chi connectivity index (χ0) is 26.5. The van der Waals surface area contributed by atoms with Gasteiger partial charge in [0.05, 0.1) is 24.5 Å². The molecule has 1 atom stereocenters. The Bertz CT molecular complexity index is 1190. The molecule has 0 bridgehead atoms. The summed E-state index contributed by atoms with van der Waals surface area (Å²) in [5.41, 5.74) is 1.75. The third kappa shape index (κ3) is 5.30. The zero-order valence-corrected chi connectivity index (χ0v) is 21.5. The number of pyridine rings is 1. The van der Waals surface area contributed by atoms with Crippen molar-refractivity contribution in [3.63, 3.8) is 0 Å². The fourth-order valence-corrected chi connectivity index (χ4v) is 4.92. The van der Waals surface area contributed by atoms with Gasteiger partial charge in [0, 0.05) is 30.9 Å². The average Bonchev–Trinajstić information content (AvgIpc) is 3.18. The molecule has 196 valence electrons. The fourth-order valence-electron chi connectivity index (χ4n) is 4.92. The smallest absolute Gasteiger partial charge is 0.409 e. The van der Waals surface area contributed by atoms with E-state index in [4.69, 9.17) is 9.47 Å². The molecule has 0 saturated carbocycles. The quantitative estimate of drug-likeness (QED) is 0.339. The number of carbonyl (C=O) groups excluding carboxylic acids is 3. The number of aliphatic hydroxyl groups is 1. The maximum absolute atomic E-state index is 13.4. The Hall–Kier alpha value is -3.88. The van der Waals surface area contributed by atoms with Gasteiger partial charge in [-0.05, 0) is 69.0 Å². The van der Waals surface area contributed by atoms with Crippen LogP contribution >= 0.6 is 0 Å². The van der Waals surface area contributed by atoms with Crippen LogP contribution in [-0.4, -0.2) is 70.0 Å². The van der Waals surface area contributed by atoms with Crippen molar-refractivity contribution in [1.82, 2.24) is 14.8 Å². The molecule has 2 aliphatic heterocycles. The number of aryl methyl sites for hydroxylation is 1. The second kappa shape index (κ2) is 11.5. The molecule has 2 saturated heterocycles. The van der Waals surface area contributed by atoms with Crippen LogP contribution in [0.3, 0.4) is 0 Å². The molecule has 9 heteroatoms. The second-order valence-electron chi connectivity index (χ2n) is 9.21. The molecule has 9 nitrogen and oxygen atoms in total. The van der Waals surface area contributed by atoms with Gasteiger partial charge < -0.3 is 24.4 Å². The van der Waals surface area contributed by atoms with Gasteiger partial charge in [-0.25, -0.2) is 4.79 Å². The largest absolute Gasteiger partial charge is 0.507 e. The maximum atomic E-state index is 13.4. The molecule has 1 aromatic carbocycles. The first-order valence-electron chi connectivity index (χ1n) is 12.7. The van der Waals surface area contributed by atoms with Crippen molar-refractivity contribution in [2.45, 2.75) is 52.1 Å². The standard InChI is InChI=1S/C28H33N3O6/c1-4-16-37-22-10-9-19(17-18(22)3)25(32)23-24(21-8-6-7-13-29-21)31(27(34)26(23)33)20-11-14-30(15-12-20)28(35)36-5-2/h6-10,13,17,20,24,32H,4-5,11-12,14-16H2,1-3H3/b25-23+. The first kappa shape index (κ1) is 26.2. The molecule has 2 fully saturated rings. The molecule has 0 radical (unpaired) electrons. The van der Waals surface area contributed by atoms with Crippen LogP contribution in [0.15, 0.2) is 48.2 Å². The number of ether oxygens (including phenoxy) is 2. The predicted octanol–water partition coefficient (Wildman–Crippen LogP) is 4.22. The molecular formula is C28H33N3O6. The van der Waals surface area contributed by atoms with Crippen LogP contribution in [0.25, 0.3) is 5.76 Å². The van der Waals surface area contributed by atoms with Gasteiger partial charge in [-0.15, -0.1) is 0 Å². The maximum Gasteiger partial charge on any atom is 0.409 e. The summed E-state index contributed by atoms with van der Waals surface area (Å²) in [4.78, 5) is 46.5. The van der Waals surface area contributed by atoms with Crippen molar-refractivity contribution in [2.75, 3.05) is 26.3 Å². The van der Waals surface area contributed by atoms with E-state index < -0.39 is 17.7 Å². The molecule has 3 heterocycles. The number of carbonyl (C=O) groups is 3. The number of ketones is 1.